The van der Waals surface area contributed by atoms with Crippen LogP contribution in [0.15, 0.2) is 29.3 Å². The Morgan fingerprint density at radius 1 is 1.18 bits per heavy atom. The molecule has 0 radical (unpaired) electrons. The van der Waals surface area contributed by atoms with Gasteiger partial charge in [-0.1, -0.05) is 29.8 Å². The van der Waals surface area contributed by atoms with Gasteiger partial charge in [0.1, 0.15) is 11.2 Å². The summed E-state index contributed by atoms with van der Waals surface area (Å²) in [6, 6.07) is 7.13. The monoisotopic (exact) mass is 524 g/mol. The molecule has 1 aliphatic rings. The normalized spacial score (nSPS) is 17.6. The predicted molar refractivity (Wildman–Crippen MR) is 122 cm³/mol. The minimum atomic E-state index is -1.22. The van der Waals surface area contributed by atoms with E-state index in [0.717, 1.165) is 0 Å². The molecule has 9 heteroatoms. The van der Waals surface area contributed by atoms with Crippen LogP contribution < -0.4 is 5.73 Å². The molecule has 0 spiro atoms. The van der Waals surface area contributed by atoms with E-state index in [1.165, 1.54) is 0 Å². The van der Waals surface area contributed by atoms with Crippen molar-refractivity contribution in [2.45, 2.75) is 38.9 Å². The quantitative estimate of drug-likeness (QED) is 0.360. The second kappa shape index (κ2) is 9.98. The topological polar surface area (TPSA) is 91.4 Å². The van der Waals surface area contributed by atoms with E-state index >= 15 is 0 Å². The smallest absolute Gasteiger partial charge is 0.410 e. The lowest BCUT2D eigenvalue weighted by Gasteiger charge is -2.36. The SMILES string of the molecule is CC(C)(C)OC(=O)N1CCN(C(N)=NCC(C)(O)c2ccccc2Cl)CC1.I. The van der Waals surface area contributed by atoms with Crippen LogP contribution >= 0.6 is 35.6 Å². The van der Waals surface area contributed by atoms with Gasteiger partial charge in [0.25, 0.3) is 0 Å². The number of amides is 1. The Morgan fingerprint density at radius 3 is 2.25 bits per heavy atom. The molecule has 0 aliphatic carbocycles. The van der Waals surface area contributed by atoms with Crippen molar-refractivity contribution in [2.24, 2.45) is 10.7 Å². The Morgan fingerprint density at radius 2 is 1.71 bits per heavy atom. The van der Waals surface area contributed by atoms with Crippen molar-refractivity contribution in [3.63, 3.8) is 0 Å². The number of piperazine rings is 1. The van der Waals surface area contributed by atoms with Gasteiger partial charge in [0.05, 0.1) is 6.54 Å². The number of nitrogens with two attached hydrogens (primary N) is 1. The zero-order valence-corrected chi connectivity index (χ0v) is 19.9. The number of halogens is 2. The van der Waals surface area contributed by atoms with Gasteiger partial charge in [-0.05, 0) is 33.8 Å². The van der Waals surface area contributed by atoms with Gasteiger partial charge in [0.15, 0.2) is 5.96 Å². The molecule has 1 unspecified atom stereocenters. The largest absolute Gasteiger partial charge is 0.444 e. The first-order valence-electron chi connectivity index (χ1n) is 9.00. The van der Waals surface area contributed by atoms with Crippen molar-refractivity contribution in [3.8, 4) is 0 Å². The predicted octanol–water partition coefficient (Wildman–Crippen LogP) is 3.03. The molecule has 158 valence electrons. The third-order valence-electron chi connectivity index (χ3n) is 4.26. The van der Waals surface area contributed by atoms with Crippen LogP contribution in [0.4, 0.5) is 4.79 Å². The molecular weight excluding hydrogens is 495 g/mol. The summed E-state index contributed by atoms with van der Waals surface area (Å²) in [5.74, 6) is 0.339. The number of aliphatic hydroxyl groups is 1. The van der Waals surface area contributed by atoms with Crippen molar-refractivity contribution in [1.82, 2.24) is 9.80 Å². The minimum absolute atomic E-state index is 0. The molecule has 0 saturated carbocycles. The average Bonchev–Trinajstić information content (AvgIpc) is 2.58. The van der Waals surface area contributed by atoms with Crippen LogP contribution in [0.5, 0.6) is 0 Å². The van der Waals surface area contributed by atoms with Crippen LogP contribution in [0.2, 0.25) is 5.02 Å². The molecule has 2 rings (SSSR count). The molecule has 1 amide bonds. The van der Waals surface area contributed by atoms with Gasteiger partial charge in [0.2, 0.25) is 0 Å². The van der Waals surface area contributed by atoms with Gasteiger partial charge in [-0.2, -0.15) is 0 Å². The van der Waals surface area contributed by atoms with Gasteiger partial charge in [-0.15, -0.1) is 24.0 Å². The summed E-state index contributed by atoms with van der Waals surface area (Å²) in [5.41, 5.74) is 4.97. The van der Waals surface area contributed by atoms with Gasteiger partial charge >= 0.3 is 6.09 Å². The van der Waals surface area contributed by atoms with Gasteiger partial charge in [-0.3, -0.25) is 0 Å². The highest BCUT2D eigenvalue weighted by Gasteiger charge is 2.28. The lowest BCUT2D eigenvalue weighted by molar-refractivity contribution is 0.0186. The summed E-state index contributed by atoms with van der Waals surface area (Å²) in [4.78, 5) is 20.0. The number of carbonyl (C=O) groups is 1. The van der Waals surface area contributed by atoms with Crippen molar-refractivity contribution < 1.29 is 14.6 Å². The number of hydrogen-bond donors (Lipinski definition) is 2. The third kappa shape index (κ3) is 6.97. The molecule has 0 bridgehead atoms. The highest BCUT2D eigenvalue weighted by molar-refractivity contribution is 14.0. The number of guanidine groups is 1. The van der Waals surface area contributed by atoms with E-state index in [0.29, 0.717) is 42.7 Å². The van der Waals surface area contributed by atoms with Gasteiger partial charge in [0, 0.05) is 36.8 Å². The highest BCUT2D eigenvalue weighted by Crippen LogP contribution is 2.28. The van der Waals surface area contributed by atoms with Gasteiger partial charge in [-0.25, -0.2) is 9.79 Å². The second-order valence-corrected chi connectivity index (χ2v) is 8.29. The van der Waals surface area contributed by atoms with Crippen molar-refractivity contribution >= 4 is 47.6 Å². The molecule has 3 N–H and O–H groups in total. The van der Waals surface area contributed by atoms with Crippen LogP contribution in [0, 0.1) is 0 Å². The van der Waals surface area contributed by atoms with E-state index in [2.05, 4.69) is 4.99 Å². The lowest BCUT2D eigenvalue weighted by Crippen LogP contribution is -2.53. The zero-order valence-electron chi connectivity index (χ0n) is 16.8. The summed E-state index contributed by atoms with van der Waals surface area (Å²) in [6.07, 6.45) is -0.320. The number of hydrogen-bond acceptors (Lipinski definition) is 4. The number of carbonyl (C=O) groups excluding carboxylic acids is 1. The van der Waals surface area contributed by atoms with Crippen LogP contribution in [-0.4, -0.2) is 65.3 Å². The van der Waals surface area contributed by atoms with E-state index in [-0.39, 0.29) is 36.6 Å². The fraction of sp³-hybridized carbons (Fsp3) is 0.579. The molecule has 1 atom stereocenters. The van der Waals surface area contributed by atoms with E-state index < -0.39 is 11.2 Å². The van der Waals surface area contributed by atoms with E-state index in [9.17, 15) is 9.90 Å². The number of benzene rings is 1. The van der Waals surface area contributed by atoms with E-state index in [1.807, 2.05) is 37.8 Å². The zero-order chi connectivity index (χ0) is 20.2. The maximum atomic E-state index is 12.1. The molecular formula is C19H30ClIN4O3. The van der Waals surface area contributed by atoms with Crippen molar-refractivity contribution in [2.75, 3.05) is 32.7 Å². The van der Waals surface area contributed by atoms with Gasteiger partial charge < -0.3 is 25.4 Å². The summed E-state index contributed by atoms with van der Waals surface area (Å²) < 4.78 is 5.39. The number of ether oxygens (including phenoxy) is 1. The fourth-order valence-electron chi connectivity index (χ4n) is 2.76. The molecule has 28 heavy (non-hydrogen) atoms. The van der Waals surface area contributed by atoms with Crippen LogP contribution in [0.1, 0.15) is 33.3 Å². The first-order valence-corrected chi connectivity index (χ1v) is 9.37. The molecule has 1 fully saturated rings. The van der Waals surface area contributed by atoms with Crippen molar-refractivity contribution in [3.05, 3.63) is 34.9 Å². The molecule has 1 aliphatic heterocycles. The molecule has 1 saturated heterocycles. The summed E-state index contributed by atoms with van der Waals surface area (Å²) in [7, 11) is 0. The second-order valence-electron chi connectivity index (χ2n) is 7.88. The summed E-state index contributed by atoms with van der Waals surface area (Å²) >= 11 is 6.16. The van der Waals surface area contributed by atoms with E-state index in [1.54, 1.807) is 24.0 Å². The Labute approximate surface area is 188 Å². The molecule has 1 aromatic carbocycles. The number of nitrogens with zero attached hydrogens (tertiary/aromatic N) is 3. The first-order chi connectivity index (χ1) is 12.5. The summed E-state index contributed by atoms with van der Waals surface area (Å²) in [6.45, 7) is 9.41. The highest BCUT2D eigenvalue weighted by atomic mass is 127. The van der Waals surface area contributed by atoms with E-state index in [4.69, 9.17) is 22.1 Å². The standard InChI is InChI=1S/C19H29ClN4O3.HI/c1-18(2,3)27-17(25)24-11-9-23(10-12-24)16(21)22-13-19(4,26)14-7-5-6-8-15(14)20;/h5-8,26H,9-13H2,1-4H3,(H2,21,22);1H. The Kier molecular flexibility index (Phi) is 8.83. The molecule has 0 aromatic heterocycles. The Bertz CT molecular complexity index is 699. The molecule has 7 nitrogen and oxygen atoms in total. The van der Waals surface area contributed by atoms with Crippen LogP contribution in [0.25, 0.3) is 0 Å². The Hall–Kier alpha value is -1.26. The number of rotatable bonds is 3. The molecule has 1 aromatic rings. The fourth-order valence-corrected chi connectivity index (χ4v) is 3.10. The summed E-state index contributed by atoms with van der Waals surface area (Å²) in [5, 5.41) is 11.2. The Balaban J connectivity index is 0.00000392. The van der Waals surface area contributed by atoms with Crippen LogP contribution in [-0.2, 0) is 10.3 Å². The minimum Gasteiger partial charge on any atom is -0.444 e. The average molecular weight is 525 g/mol. The maximum Gasteiger partial charge on any atom is 0.410 e. The first kappa shape index (κ1) is 24.8. The molecule has 1 heterocycles. The maximum absolute atomic E-state index is 12.1. The number of aliphatic imine (C=N–C) groups is 1. The third-order valence-corrected chi connectivity index (χ3v) is 4.59. The van der Waals surface area contributed by atoms with Crippen molar-refractivity contribution in [1.29, 1.82) is 0 Å². The lowest BCUT2D eigenvalue weighted by atomic mass is 9.96. The van der Waals surface area contributed by atoms with Crippen LogP contribution in [0.3, 0.4) is 0 Å².